The standard InChI is InChI=1S/C14H15NO2S/c1-18-13-7-3-2-5-11(13)8-9-15-14(16)12-6-4-10-17-12/h2-7,10H,8-9H2,1H3,(H,15,16). The average molecular weight is 261 g/mol. The smallest absolute Gasteiger partial charge is 0.286 e. The molecule has 0 aliphatic heterocycles. The van der Waals surface area contributed by atoms with Crippen molar-refractivity contribution in [2.45, 2.75) is 11.3 Å². The molecule has 0 aliphatic carbocycles. The topological polar surface area (TPSA) is 42.2 Å². The highest BCUT2D eigenvalue weighted by Crippen LogP contribution is 2.19. The van der Waals surface area contributed by atoms with Gasteiger partial charge in [-0.25, -0.2) is 0 Å². The summed E-state index contributed by atoms with van der Waals surface area (Å²) in [7, 11) is 0. The van der Waals surface area contributed by atoms with Crippen LogP contribution in [0.1, 0.15) is 16.1 Å². The Balaban J connectivity index is 1.87. The van der Waals surface area contributed by atoms with E-state index in [1.54, 1.807) is 23.9 Å². The fraction of sp³-hybridized carbons (Fsp3) is 0.214. The van der Waals surface area contributed by atoms with Gasteiger partial charge in [0, 0.05) is 11.4 Å². The molecule has 0 aliphatic rings. The quantitative estimate of drug-likeness (QED) is 0.841. The molecule has 0 saturated carbocycles. The largest absolute Gasteiger partial charge is 0.459 e. The molecule has 2 aromatic rings. The Morgan fingerprint density at radius 3 is 2.83 bits per heavy atom. The molecule has 4 heteroatoms. The lowest BCUT2D eigenvalue weighted by Gasteiger charge is -2.07. The van der Waals surface area contributed by atoms with E-state index in [2.05, 4.69) is 23.7 Å². The van der Waals surface area contributed by atoms with E-state index in [4.69, 9.17) is 4.42 Å². The Morgan fingerprint density at radius 1 is 1.28 bits per heavy atom. The zero-order chi connectivity index (χ0) is 12.8. The lowest BCUT2D eigenvalue weighted by Crippen LogP contribution is -2.25. The molecular weight excluding hydrogens is 246 g/mol. The molecule has 0 spiro atoms. The zero-order valence-electron chi connectivity index (χ0n) is 10.2. The molecule has 1 aromatic heterocycles. The maximum absolute atomic E-state index is 11.6. The van der Waals surface area contributed by atoms with Gasteiger partial charge in [0.05, 0.1) is 6.26 Å². The molecule has 1 aromatic carbocycles. The molecule has 1 amide bonds. The SMILES string of the molecule is CSc1ccccc1CCNC(=O)c1ccco1. The van der Waals surface area contributed by atoms with Gasteiger partial charge in [-0.1, -0.05) is 18.2 Å². The maximum atomic E-state index is 11.6. The van der Waals surface area contributed by atoms with Gasteiger partial charge in [0.2, 0.25) is 0 Å². The van der Waals surface area contributed by atoms with Gasteiger partial charge >= 0.3 is 0 Å². The lowest BCUT2D eigenvalue weighted by molar-refractivity contribution is 0.0926. The average Bonchev–Trinajstić information content (AvgIpc) is 2.93. The summed E-state index contributed by atoms with van der Waals surface area (Å²) < 4.78 is 5.03. The molecule has 0 fully saturated rings. The molecule has 18 heavy (non-hydrogen) atoms. The van der Waals surface area contributed by atoms with Crippen molar-refractivity contribution in [1.29, 1.82) is 0 Å². The molecule has 0 saturated heterocycles. The van der Waals surface area contributed by atoms with Crippen molar-refractivity contribution in [2.24, 2.45) is 0 Å². The first-order valence-corrected chi connectivity index (χ1v) is 6.97. The van der Waals surface area contributed by atoms with Crippen LogP contribution >= 0.6 is 11.8 Å². The first-order valence-electron chi connectivity index (χ1n) is 5.75. The number of thioether (sulfide) groups is 1. The van der Waals surface area contributed by atoms with Gasteiger partial charge in [0.1, 0.15) is 0 Å². The van der Waals surface area contributed by atoms with Crippen molar-refractivity contribution in [3.63, 3.8) is 0 Å². The summed E-state index contributed by atoms with van der Waals surface area (Å²) in [6.45, 7) is 0.608. The van der Waals surface area contributed by atoms with E-state index in [0.29, 0.717) is 12.3 Å². The monoisotopic (exact) mass is 261 g/mol. The van der Waals surface area contributed by atoms with E-state index in [1.807, 2.05) is 12.1 Å². The number of hydrogen-bond donors (Lipinski definition) is 1. The normalized spacial score (nSPS) is 10.3. The first kappa shape index (κ1) is 12.8. The predicted octanol–water partition coefficient (Wildman–Crippen LogP) is 2.97. The van der Waals surface area contributed by atoms with Gasteiger partial charge in [0.15, 0.2) is 5.76 Å². The zero-order valence-corrected chi connectivity index (χ0v) is 11.0. The highest BCUT2D eigenvalue weighted by atomic mass is 32.2. The lowest BCUT2D eigenvalue weighted by atomic mass is 10.1. The Kier molecular flexibility index (Phi) is 4.47. The summed E-state index contributed by atoms with van der Waals surface area (Å²) in [6.07, 6.45) is 4.38. The van der Waals surface area contributed by atoms with E-state index in [9.17, 15) is 4.79 Å². The van der Waals surface area contributed by atoms with Crippen LogP contribution in [-0.2, 0) is 6.42 Å². The Morgan fingerprint density at radius 2 is 2.11 bits per heavy atom. The molecule has 1 heterocycles. The minimum Gasteiger partial charge on any atom is -0.459 e. The highest BCUT2D eigenvalue weighted by molar-refractivity contribution is 7.98. The van der Waals surface area contributed by atoms with Crippen molar-refractivity contribution < 1.29 is 9.21 Å². The third-order valence-electron chi connectivity index (χ3n) is 2.62. The minimum absolute atomic E-state index is 0.165. The molecule has 0 unspecified atom stereocenters. The fourth-order valence-corrected chi connectivity index (χ4v) is 2.36. The van der Waals surface area contributed by atoms with E-state index < -0.39 is 0 Å². The van der Waals surface area contributed by atoms with Crippen molar-refractivity contribution in [2.75, 3.05) is 12.8 Å². The van der Waals surface area contributed by atoms with E-state index in [1.165, 1.54) is 16.7 Å². The molecule has 2 rings (SSSR count). The fourth-order valence-electron chi connectivity index (χ4n) is 1.72. The number of carbonyl (C=O) groups excluding carboxylic acids is 1. The number of nitrogens with one attached hydrogen (secondary N) is 1. The van der Waals surface area contributed by atoms with E-state index in [-0.39, 0.29) is 5.91 Å². The van der Waals surface area contributed by atoms with Crippen LogP contribution in [0.2, 0.25) is 0 Å². The molecule has 3 nitrogen and oxygen atoms in total. The summed E-state index contributed by atoms with van der Waals surface area (Å²) in [6, 6.07) is 11.6. The second-order valence-electron chi connectivity index (χ2n) is 3.80. The highest BCUT2D eigenvalue weighted by Gasteiger charge is 2.07. The summed E-state index contributed by atoms with van der Waals surface area (Å²) in [5.74, 6) is 0.190. The number of amides is 1. The van der Waals surface area contributed by atoms with Gasteiger partial charge in [-0.15, -0.1) is 11.8 Å². The third kappa shape index (κ3) is 3.17. The maximum Gasteiger partial charge on any atom is 0.286 e. The van der Waals surface area contributed by atoms with Crippen LogP contribution < -0.4 is 5.32 Å². The second kappa shape index (κ2) is 6.31. The number of rotatable bonds is 5. The number of hydrogen-bond acceptors (Lipinski definition) is 3. The van der Waals surface area contributed by atoms with Gasteiger partial charge in [-0.2, -0.15) is 0 Å². The number of carbonyl (C=O) groups is 1. The van der Waals surface area contributed by atoms with Gasteiger partial charge in [0.25, 0.3) is 5.91 Å². The van der Waals surface area contributed by atoms with Crippen LogP contribution in [0.5, 0.6) is 0 Å². The Labute approximate surface area is 111 Å². The van der Waals surface area contributed by atoms with E-state index >= 15 is 0 Å². The molecule has 1 N–H and O–H groups in total. The van der Waals surface area contributed by atoms with Crippen molar-refractivity contribution in [1.82, 2.24) is 5.32 Å². The van der Waals surface area contributed by atoms with Crippen LogP contribution in [0.3, 0.4) is 0 Å². The van der Waals surface area contributed by atoms with Gasteiger partial charge < -0.3 is 9.73 Å². The Hall–Kier alpha value is -1.68. The van der Waals surface area contributed by atoms with Gasteiger partial charge in [-0.05, 0) is 36.4 Å². The summed E-state index contributed by atoms with van der Waals surface area (Å²) in [5, 5.41) is 2.84. The first-order chi connectivity index (χ1) is 8.81. The molecule has 0 atom stereocenters. The summed E-state index contributed by atoms with van der Waals surface area (Å²) in [5.41, 5.74) is 1.25. The van der Waals surface area contributed by atoms with Crippen molar-refractivity contribution in [3.8, 4) is 0 Å². The van der Waals surface area contributed by atoms with Crippen LogP contribution in [0.4, 0.5) is 0 Å². The van der Waals surface area contributed by atoms with Crippen LogP contribution in [0.25, 0.3) is 0 Å². The van der Waals surface area contributed by atoms with Crippen LogP contribution in [-0.4, -0.2) is 18.7 Å². The van der Waals surface area contributed by atoms with Crippen molar-refractivity contribution in [3.05, 3.63) is 54.0 Å². The van der Waals surface area contributed by atoms with Crippen LogP contribution in [0, 0.1) is 0 Å². The predicted molar refractivity (Wildman–Crippen MR) is 73.0 cm³/mol. The van der Waals surface area contributed by atoms with Gasteiger partial charge in [-0.3, -0.25) is 4.79 Å². The number of benzene rings is 1. The summed E-state index contributed by atoms with van der Waals surface area (Å²) in [4.78, 5) is 12.9. The second-order valence-corrected chi connectivity index (χ2v) is 4.64. The minimum atomic E-state index is -0.165. The molecule has 0 bridgehead atoms. The summed E-state index contributed by atoms with van der Waals surface area (Å²) >= 11 is 1.72. The third-order valence-corrected chi connectivity index (χ3v) is 3.46. The van der Waals surface area contributed by atoms with Crippen LogP contribution in [0.15, 0.2) is 52.0 Å². The van der Waals surface area contributed by atoms with E-state index in [0.717, 1.165) is 6.42 Å². The molecule has 0 radical (unpaired) electrons. The molecule has 94 valence electrons. The number of furan rings is 1. The Bertz CT molecular complexity index is 508. The molecular formula is C14H15NO2S. The van der Waals surface area contributed by atoms with Crippen molar-refractivity contribution >= 4 is 17.7 Å².